The van der Waals surface area contributed by atoms with Gasteiger partial charge in [0.1, 0.15) is 30.2 Å². The fourth-order valence-corrected chi connectivity index (χ4v) is 6.79. The molecule has 6 atom stereocenters. The summed E-state index contributed by atoms with van der Waals surface area (Å²) in [5.41, 5.74) is 24.9. The zero-order chi connectivity index (χ0) is 46.6. The third-order valence-electron chi connectivity index (χ3n) is 10.1. The van der Waals surface area contributed by atoms with E-state index in [1.165, 1.54) is 12.5 Å². The largest absolute Gasteiger partial charge is 0.481 e. The number of carboxylic acids is 2. The van der Waals surface area contributed by atoms with Crippen LogP contribution >= 0.6 is 0 Å². The van der Waals surface area contributed by atoms with Crippen LogP contribution in [-0.2, 0) is 52.8 Å². The van der Waals surface area contributed by atoms with E-state index >= 15 is 0 Å². The number of fused-ring (bicyclic) bond motifs is 1. The summed E-state index contributed by atoms with van der Waals surface area (Å²) < 4.78 is 0. The Morgan fingerprint density at radius 2 is 1.25 bits per heavy atom. The van der Waals surface area contributed by atoms with Crippen molar-refractivity contribution in [3.63, 3.8) is 0 Å². The number of nitrogens with one attached hydrogen (secondary N) is 7. The van der Waals surface area contributed by atoms with Gasteiger partial charge in [0.2, 0.25) is 29.5 Å². The molecule has 0 saturated heterocycles. The molecule has 22 heteroatoms. The first-order chi connectivity index (χ1) is 30.6. The number of hydrogen-bond acceptors (Lipinski definition) is 11. The van der Waals surface area contributed by atoms with Crippen LogP contribution in [0.15, 0.2) is 78.3 Å². The van der Waals surface area contributed by atoms with Gasteiger partial charge in [0.05, 0.1) is 18.8 Å². The van der Waals surface area contributed by atoms with E-state index < -0.39 is 84.1 Å². The molecular weight excluding hydrogens is 831 g/mol. The summed E-state index contributed by atoms with van der Waals surface area (Å²) in [7, 11) is 0. The Bertz CT molecular complexity index is 2210. The van der Waals surface area contributed by atoms with Gasteiger partial charge in [-0.2, -0.15) is 0 Å². The maximum Gasteiger partial charge on any atom is 0.326 e. The highest BCUT2D eigenvalue weighted by atomic mass is 16.4. The first-order valence-electron chi connectivity index (χ1n) is 20.7. The van der Waals surface area contributed by atoms with Crippen molar-refractivity contribution in [2.75, 3.05) is 13.1 Å². The molecule has 0 aliphatic rings. The molecule has 2 aromatic heterocycles. The van der Waals surface area contributed by atoms with Gasteiger partial charge in [-0.15, -0.1) is 0 Å². The number of carbonyl (C=O) groups excluding carboxylic acids is 5. The number of carbonyl (C=O) groups is 7. The number of benzene rings is 2. The fraction of sp³-hybridized carbons (Fsp3) is 0.405. The van der Waals surface area contributed by atoms with Crippen LogP contribution in [0.25, 0.3) is 10.9 Å². The zero-order valence-electron chi connectivity index (χ0n) is 35.1. The maximum atomic E-state index is 14.4. The average molecular weight is 888 g/mol. The number of aliphatic carboxylic acids is 2. The fourth-order valence-electron chi connectivity index (χ4n) is 6.79. The Hall–Kier alpha value is -7.33. The molecule has 22 nitrogen and oxygen atoms in total. The second kappa shape index (κ2) is 24.9. The van der Waals surface area contributed by atoms with E-state index in [-0.39, 0.29) is 51.0 Å². The molecule has 0 radical (unpaired) electrons. The SMILES string of the molecule is NCCCC[C@H](NC(=O)[C@H](Cc1c[nH]c2ccccc12)NC(=O)[C@H](CCCN=C(N)N)NC(=O)[C@@H](Cc1ccccc1)NC(=O)[C@H](Cc1cnc[nH]1)NC(=O)[C@@H](N)CC(=O)O)C(=O)O. The molecule has 17 N–H and O–H groups in total. The number of aromatic amines is 2. The number of H-pyrrole nitrogens is 2. The van der Waals surface area contributed by atoms with Gasteiger partial charge in [0, 0.05) is 54.8 Å². The third kappa shape index (κ3) is 15.9. The Morgan fingerprint density at radius 3 is 1.88 bits per heavy atom. The minimum Gasteiger partial charge on any atom is -0.481 e. The van der Waals surface area contributed by atoms with Gasteiger partial charge in [-0.05, 0) is 55.8 Å². The molecule has 2 heterocycles. The molecule has 344 valence electrons. The minimum absolute atomic E-state index is 0.0570. The lowest BCUT2D eigenvalue weighted by Crippen LogP contribution is -2.60. The molecule has 64 heavy (non-hydrogen) atoms. The quantitative estimate of drug-likeness (QED) is 0.0183. The van der Waals surface area contributed by atoms with Crippen LogP contribution in [0.4, 0.5) is 0 Å². The summed E-state index contributed by atoms with van der Waals surface area (Å²) >= 11 is 0. The number of unbranched alkanes of at least 4 members (excludes halogenated alkanes) is 1. The number of hydrogen-bond donors (Lipinski definition) is 13. The van der Waals surface area contributed by atoms with Gasteiger partial charge in [-0.25, -0.2) is 9.78 Å². The van der Waals surface area contributed by atoms with Crippen molar-refractivity contribution in [3.05, 3.63) is 90.1 Å². The monoisotopic (exact) mass is 887 g/mol. The normalized spacial score (nSPS) is 13.8. The smallest absolute Gasteiger partial charge is 0.326 e. The van der Waals surface area contributed by atoms with Crippen molar-refractivity contribution in [1.82, 2.24) is 41.5 Å². The molecule has 4 aromatic rings. The number of guanidine groups is 1. The third-order valence-corrected chi connectivity index (χ3v) is 10.1. The minimum atomic E-state index is -1.50. The van der Waals surface area contributed by atoms with Crippen LogP contribution in [0.3, 0.4) is 0 Å². The lowest BCUT2D eigenvalue weighted by Gasteiger charge is -2.27. The summed E-state index contributed by atoms with van der Waals surface area (Å²) in [6.07, 6.45) is 4.58. The Kier molecular flexibility index (Phi) is 19.2. The van der Waals surface area contributed by atoms with Gasteiger partial charge in [0.25, 0.3) is 0 Å². The van der Waals surface area contributed by atoms with Crippen molar-refractivity contribution in [2.45, 2.75) is 94.0 Å². The van der Waals surface area contributed by atoms with Gasteiger partial charge >= 0.3 is 11.9 Å². The summed E-state index contributed by atoms with van der Waals surface area (Å²) in [5.74, 6) is -7.00. The number of nitrogens with zero attached hydrogens (tertiary/aromatic N) is 2. The Morgan fingerprint density at radius 1 is 0.672 bits per heavy atom. The molecule has 4 rings (SSSR count). The van der Waals surface area contributed by atoms with Gasteiger partial charge in [0.15, 0.2) is 5.96 Å². The second-order valence-corrected chi connectivity index (χ2v) is 15.1. The van der Waals surface area contributed by atoms with Gasteiger partial charge in [-0.1, -0.05) is 48.5 Å². The van der Waals surface area contributed by atoms with E-state index in [9.17, 15) is 43.8 Å². The zero-order valence-corrected chi connectivity index (χ0v) is 35.1. The molecular formula is C42H57N13O9. The summed E-state index contributed by atoms with van der Waals surface area (Å²) in [6.45, 7) is 0.394. The molecule has 0 spiro atoms. The van der Waals surface area contributed by atoms with E-state index in [1.807, 2.05) is 18.2 Å². The summed E-state index contributed by atoms with van der Waals surface area (Å²) in [5, 5.41) is 33.0. The Balaban J connectivity index is 1.65. The second-order valence-electron chi connectivity index (χ2n) is 15.1. The average Bonchev–Trinajstić information content (AvgIpc) is 3.93. The van der Waals surface area contributed by atoms with Crippen molar-refractivity contribution in [2.24, 2.45) is 27.9 Å². The number of nitrogens with two attached hydrogens (primary N) is 4. The van der Waals surface area contributed by atoms with Gasteiger partial charge < -0.3 is 69.7 Å². The summed E-state index contributed by atoms with van der Waals surface area (Å²) in [6, 6.07) is 7.72. The van der Waals surface area contributed by atoms with Crippen molar-refractivity contribution in [3.8, 4) is 0 Å². The van der Waals surface area contributed by atoms with Crippen LogP contribution in [-0.4, -0.2) is 122 Å². The molecule has 0 fully saturated rings. The van der Waals surface area contributed by atoms with Crippen LogP contribution < -0.4 is 49.5 Å². The van der Waals surface area contributed by atoms with Gasteiger partial charge in [-0.3, -0.25) is 33.8 Å². The molecule has 0 saturated carbocycles. The molecule has 0 bridgehead atoms. The molecule has 5 amide bonds. The van der Waals surface area contributed by atoms with E-state index in [0.29, 0.717) is 36.2 Å². The van der Waals surface area contributed by atoms with Crippen molar-refractivity contribution >= 4 is 58.3 Å². The van der Waals surface area contributed by atoms with E-state index in [4.69, 9.17) is 22.9 Å². The lowest BCUT2D eigenvalue weighted by atomic mass is 10.0. The molecule has 0 aliphatic heterocycles. The Labute approximate surface area is 368 Å². The molecule has 0 unspecified atom stereocenters. The lowest BCUT2D eigenvalue weighted by molar-refractivity contribution is -0.142. The summed E-state index contributed by atoms with van der Waals surface area (Å²) in [4.78, 5) is 107. The van der Waals surface area contributed by atoms with Crippen molar-refractivity contribution < 1.29 is 43.8 Å². The number of imidazole rings is 1. The number of amides is 5. The van der Waals surface area contributed by atoms with Crippen LogP contribution in [0, 0.1) is 0 Å². The predicted molar refractivity (Wildman–Crippen MR) is 235 cm³/mol. The maximum absolute atomic E-state index is 14.4. The predicted octanol–water partition coefficient (Wildman–Crippen LogP) is -1.59. The first kappa shape index (κ1) is 49.3. The highest BCUT2D eigenvalue weighted by Crippen LogP contribution is 2.20. The molecule has 0 aliphatic carbocycles. The van der Waals surface area contributed by atoms with E-state index in [1.54, 1.807) is 42.6 Å². The number of carboxylic acid groups (broad SMARTS) is 2. The van der Waals surface area contributed by atoms with Crippen molar-refractivity contribution in [1.29, 1.82) is 0 Å². The van der Waals surface area contributed by atoms with E-state index in [0.717, 1.165) is 10.9 Å². The number of rotatable bonds is 27. The van der Waals surface area contributed by atoms with Crippen LogP contribution in [0.2, 0.25) is 0 Å². The van der Waals surface area contributed by atoms with Crippen LogP contribution in [0.1, 0.15) is 55.3 Å². The topological polar surface area (TPSA) is 381 Å². The first-order valence-corrected chi connectivity index (χ1v) is 20.7. The van der Waals surface area contributed by atoms with E-state index in [2.05, 4.69) is 46.5 Å². The standard InChI is InChI=1S/C42H57N13O9/c43-15-7-6-13-31(41(63)64)52-39(61)33(18-25-21-49-29-12-5-4-11-27(25)29)55-37(59)30(14-8-16-48-42(45)46)51-38(60)32(17-24-9-2-1-3-10-24)54-40(62)34(19-26-22-47-23-50-26)53-36(58)28(44)20-35(56)57/h1-5,9-12,21-23,28,30-34,49H,6-8,13-20,43-44H2,(H,47,50)(H,51,60)(H,52,61)(H,53,58)(H,54,62)(H,55,59)(H,56,57)(H,63,64)(H4,45,46,48)/t28-,30-,31-,32+,33-,34-/m0/s1. The number of para-hydroxylation sites is 1. The number of aliphatic imine (C=N–C) groups is 1. The molecule has 2 aromatic carbocycles. The highest BCUT2D eigenvalue weighted by Gasteiger charge is 2.34. The van der Waals surface area contributed by atoms with Crippen LogP contribution in [0.5, 0.6) is 0 Å². The highest BCUT2D eigenvalue weighted by molar-refractivity contribution is 5.97. The number of aromatic nitrogens is 3.